The van der Waals surface area contributed by atoms with Crippen LogP contribution in [-0.2, 0) is 30.6 Å². The van der Waals surface area contributed by atoms with Crippen molar-refractivity contribution in [1.82, 2.24) is 15.4 Å². The third-order valence-corrected chi connectivity index (χ3v) is 7.18. The molecule has 12 heteroatoms. The van der Waals surface area contributed by atoms with E-state index in [0.29, 0.717) is 29.7 Å². The van der Waals surface area contributed by atoms with Gasteiger partial charge in [0.1, 0.15) is 6.04 Å². The minimum Gasteiger partial charge on any atom is -0.480 e. The number of carboxylic acids is 1. The predicted molar refractivity (Wildman–Crippen MR) is 137 cm³/mol. The Labute approximate surface area is 214 Å². The zero-order valence-electron chi connectivity index (χ0n) is 19.7. The van der Waals surface area contributed by atoms with E-state index in [-0.39, 0.29) is 37.1 Å². The van der Waals surface area contributed by atoms with E-state index in [1.807, 2.05) is 24.5 Å². The largest absolute Gasteiger partial charge is 0.480 e. The molecule has 3 rings (SSSR count). The lowest BCUT2D eigenvalue weighted by Crippen LogP contribution is -2.41. The molecule has 0 radical (unpaired) electrons. The van der Waals surface area contributed by atoms with Crippen molar-refractivity contribution < 1.29 is 32.1 Å². The van der Waals surface area contributed by atoms with Crippen molar-refractivity contribution in [3.8, 4) is 11.1 Å². The van der Waals surface area contributed by atoms with Gasteiger partial charge in [-0.25, -0.2) is 4.79 Å². The highest BCUT2D eigenvalue weighted by molar-refractivity contribution is 7.98. The zero-order chi connectivity index (χ0) is 26.1. The van der Waals surface area contributed by atoms with Gasteiger partial charge < -0.3 is 15.7 Å². The van der Waals surface area contributed by atoms with Crippen molar-refractivity contribution in [2.75, 3.05) is 18.6 Å². The lowest BCUT2D eigenvalue weighted by Gasteiger charge is -2.17. The van der Waals surface area contributed by atoms with Gasteiger partial charge in [0.05, 0.1) is 12.6 Å². The number of benzene rings is 2. The second-order valence-corrected chi connectivity index (χ2v) is 10.7. The highest BCUT2D eigenvalue weighted by Gasteiger charge is 2.24. The molecule has 0 saturated carbocycles. The average molecular weight is 536 g/mol. The van der Waals surface area contributed by atoms with Crippen LogP contribution in [0.3, 0.4) is 0 Å². The van der Waals surface area contributed by atoms with Gasteiger partial charge in [-0.2, -0.15) is 24.9 Å². The highest BCUT2D eigenvalue weighted by Crippen LogP contribution is 2.25. The minimum absolute atomic E-state index is 0.0907. The lowest BCUT2D eigenvalue weighted by atomic mass is 9.96. The summed E-state index contributed by atoms with van der Waals surface area (Å²) in [6, 6.07) is 12.5. The first-order valence-electron chi connectivity index (χ1n) is 11.3. The molecule has 4 N–H and O–H groups in total. The SMILES string of the molecule is CSCC[C@H](NC(=O)c1ccc(CNS(=O)(=O)OC[C@@H]2CCC(=O)N2)cc1-c1ccccc1)C(=O)O. The van der Waals surface area contributed by atoms with E-state index in [4.69, 9.17) is 4.18 Å². The van der Waals surface area contributed by atoms with E-state index in [9.17, 15) is 27.9 Å². The fourth-order valence-electron chi connectivity index (χ4n) is 3.67. The number of amides is 2. The van der Waals surface area contributed by atoms with Gasteiger partial charge in [-0.05, 0) is 53.7 Å². The molecule has 194 valence electrons. The molecule has 10 nitrogen and oxygen atoms in total. The Bertz CT molecular complexity index is 1190. The average Bonchev–Trinajstić information content (AvgIpc) is 3.29. The summed E-state index contributed by atoms with van der Waals surface area (Å²) in [7, 11) is -4.07. The second kappa shape index (κ2) is 12.9. The molecule has 0 spiro atoms. The van der Waals surface area contributed by atoms with E-state index in [1.165, 1.54) is 11.8 Å². The number of hydrogen-bond donors (Lipinski definition) is 4. The van der Waals surface area contributed by atoms with Crippen LogP contribution in [0.5, 0.6) is 0 Å². The topological polar surface area (TPSA) is 151 Å². The third kappa shape index (κ3) is 8.05. The first kappa shape index (κ1) is 27.7. The van der Waals surface area contributed by atoms with Gasteiger partial charge in [0.15, 0.2) is 0 Å². The summed E-state index contributed by atoms with van der Waals surface area (Å²) in [4.78, 5) is 35.9. The fourth-order valence-corrected chi connectivity index (χ4v) is 4.91. The van der Waals surface area contributed by atoms with Crippen LogP contribution in [0.1, 0.15) is 35.2 Å². The van der Waals surface area contributed by atoms with Crippen LogP contribution < -0.4 is 15.4 Å². The van der Waals surface area contributed by atoms with Gasteiger partial charge in [0.2, 0.25) is 5.91 Å². The Morgan fingerprint density at radius 3 is 2.61 bits per heavy atom. The van der Waals surface area contributed by atoms with Crippen molar-refractivity contribution in [3.63, 3.8) is 0 Å². The molecule has 0 aromatic heterocycles. The van der Waals surface area contributed by atoms with Gasteiger partial charge in [-0.1, -0.05) is 36.4 Å². The van der Waals surface area contributed by atoms with E-state index in [1.54, 1.807) is 30.3 Å². The molecule has 1 heterocycles. The Morgan fingerprint density at radius 1 is 1.22 bits per heavy atom. The number of rotatable bonds is 13. The number of thioether (sulfide) groups is 1. The molecule has 0 aliphatic carbocycles. The van der Waals surface area contributed by atoms with Crippen LogP contribution in [0.4, 0.5) is 0 Å². The monoisotopic (exact) mass is 535 g/mol. The Kier molecular flexibility index (Phi) is 9.88. The number of carbonyl (C=O) groups is 3. The number of nitrogens with one attached hydrogen (secondary N) is 3. The van der Waals surface area contributed by atoms with Crippen LogP contribution >= 0.6 is 11.8 Å². The van der Waals surface area contributed by atoms with E-state index in [0.717, 1.165) is 5.56 Å². The highest BCUT2D eigenvalue weighted by atomic mass is 32.2. The first-order valence-corrected chi connectivity index (χ1v) is 14.1. The molecule has 0 unspecified atom stereocenters. The summed E-state index contributed by atoms with van der Waals surface area (Å²) in [6.07, 6.45) is 3.00. The van der Waals surface area contributed by atoms with E-state index < -0.39 is 28.2 Å². The fraction of sp³-hybridized carbons (Fsp3) is 0.375. The van der Waals surface area contributed by atoms with Crippen molar-refractivity contribution in [2.24, 2.45) is 0 Å². The minimum atomic E-state index is -4.07. The Balaban J connectivity index is 1.75. The maximum absolute atomic E-state index is 13.0. The van der Waals surface area contributed by atoms with Crippen molar-refractivity contribution >= 4 is 39.8 Å². The van der Waals surface area contributed by atoms with Gasteiger partial charge >= 0.3 is 16.3 Å². The summed E-state index contributed by atoms with van der Waals surface area (Å²) < 4.78 is 31.9. The molecule has 1 saturated heterocycles. The first-order chi connectivity index (χ1) is 17.2. The van der Waals surface area contributed by atoms with Crippen molar-refractivity contribution in [3.05, 3.63) is 59.7 Å². The van der Waals surface area contributed by atoms with E-state index in [2.05, 4.69) is 15.4 Å². The molecular weight excluding hydrogens is 506 g/mol. The standard InChI is InChI=1S/C24H29N3O7S2/c1-35-12-11-21(24(30)31)27-23(29)19-9-7-16(13-20(19)17-5-3-2-4-6-17)14-25-36(32,33)34-15-18-8-10-22(28)26-18/h2-7,9,13,18,21,25H,8,10-12,14-15H2,1H3,(H,26,28)(H,27,29)(H,30,31)/t18-,21-/m0/s1. The summed E-state index contributed by atoms with van der Waals surface area (Å²) in [5.41, 5.74) is 2.10. The molecule has 1 aliphatic heterocycles. The number of hydrogen-bond acceptors (Lipinski definition) is 7. The molecule has 2 aromatic carbocycles. The van der Waals surface area contributed by atoms with Crippen molar-refractivity contribution in [2.45, 2.75) is 37.9 Å². The molecule has 2 amide bonds. The number of aliphatic carboxylic acids is 1. The molecule has 1 aliphatic rings. The number of carbonyl (C=O) groups excluding carboxylic acids is 2. The normalized spacial score (nSPS) is 16.4. The van der Waals surface area contributed by atoms with Gasteiger partial charge in [0, 0.05) is 18.5 Å². The maximum atomic E-state index is 13.0. The maximum Gasteiger partial charge on any atom is 0.336 e. The van der Waals surface area contributed by atoms with Crippen LogP contribution in [0.2, 0.25) is 0 Å². The van der Waals surface area contributed by atoms with Crippen LogP contribution in [0.15, 0.2) is 48.5 Å². The molecule has 0 bridgehead atoms. The number of carboxylic acid groups (broad SMARTS) is 1. The molecule has 2 atom stereocenters. The summed E-state index contributed by atoms with van der Waals surface area (Å²) in [5, 5.41) is 14.7. The predicted octanol–water partition coefficient (Wildman–Crippen LogP) is 1.92. The summed E-state index contributed by atoms with van der Waals surface area (Å²) in [5.74, 6) is -1.19. The second-order valence-electron chi connectivity index (χ2n) is 8.25. The van der Waals surface area contributed by atoms with E-state index >= 15 is 0 Å². The molecule has 1 fully saturated rings. The molecule has 36 heavy (non-hydrogen) atoms. The molecule has 2 aromatic rings. The lowest BCUT2D eigenvalue weighted by molar-refractivity contribution is -0.139. The van der Waals surface area contributed by atoms with Crippen LogP contribution in [0.25, 0.3) is 11.1 Å². The van der Waals surface area contributed by atoms with Gasteiger partial charge in [0.25, 0.3) is 5.91 Å². The Morgan fingerprint density at radius 2 is 1.97 bits per heavy atom. The van der Waals surface area contributed by atoms with Gasteiger partial charge in [-0.3, -0.25) is 13.8 Å². The van der Waals surface area contributed by atoms with Crippen LogP contribution in [-0.4, -0.2) is 62.0 Å². The smallest absolute Gasteiger partial charge is 0.336 e. The Hall–Kier alpha value is -2.93. The third-order valence-electron chi connectivity index (χ3n) is 5.59. The molecular formula is C24H29N3O7S2. The quantitative estimate of drug-likeness (QED) is 0.304. The summed E-state index contributed by atoms with van der Waals surface area (Å²) in [6.45, 7) is -0.247. The summed E-state index contributed by atoms with van der Waals surface area (Å²) >= 11 is 1.49. The zero-order valence-corrected chi connectivity index (χ0v) is 21.4. The van der Waals surface area contributed by atoms with Gasteiger partial charge in [-0.15, -0.1) is 0 Å². The van der Waals surface area contributed by atoms with Crippen molar-refractivity contribution in [1.29, 1.82) is 0 Å². The van der Waals surface area contributed by atoms with Crippen LogP contribution in [0, 0.1) is 0 Å².